The van der Waals surface area contributed by atoms with Crippen LogP contribution in [0.5, 0.6) is 0 Å². The van der Waals surface area contributed by atoms with Gasteiger partial charge in [-0.05, 0) is 67.6 Å². The maximum atomic E-state index is 13.0. The predicted molar refractivity (Wildman–Crippen MR) is 140 cm³/mol. The smallest absolute Gasteiger partial charge is 0.254 e. The van der Waals surface area contributed by atoms with Gasteiger partial charge >= 0.3 is 0 Å². The molecule has 0 spiro atoms. The van der Waals surface area contributed by atoms with E-state index in [1.165, 1.54) is 45.1 Å². The zero-order valence-corrected chi connectivity index (χ0v) is 21.8. The second kappa shape index (κ2) is 12.0. The SMILES string of the molecule is CCCCC1CCCCN1CCCNC(=O)c1ccc2c(c1)C(=O)N(Cc1ccc(Br)cc1)C2. The summed E-state index contributed by atoms with van der Waals surface area (Å²) in [5, 5.41) is 3.06. The first-order valence-corrected chi connectivity index (χ1v) is 13.5. The molecule has 4 rings (SSSR count). The molecule has 1 atom stereocenters. The van der Waals surface area contributed by atoms with Gasteiger partial charge in [0.25, 0.3) is 11.8 Å². The Morgan fingerprint density at radius 3 is 2.74 bits per heavy atom. The average Bonchev–Trinajstić information content (AvgIpc) is 3.16. The minimum absolute atomic E-state index is 0.00390. The summed E-state index contributed by atoms with van der Waals surface area (Å²) in [6.07, 6.45) is 8.76. The van der Waals surface area contributed by atoms with Crippen LogP contribution < -0.4 is 5.32 Å². The molecule has 2 aliphatic rings. The Bertz CT molecular complexity index is 992. The monoisotopic (exact) mass is 525 g/mol. The Morgan fingerprint density at radius 2 is 1.94 bits per heavy atom. The molecule has 2 amide bonds. The van der Waals surface area contributed by atoms with Crippen molar-refractivity contribution in [2.24, 2.45) is 0 Å². The van der Waals surface area contributed by atoms with Gasteiger partial charge in [0.05, 0.1) is 0 Å². The van der Waals surface area contributed by atoms with Gasteiger partial charge in [-0.1, -0.05) is 60.3 Å². The first-order valence-electron chi connectivity index (χ1n) is 12.7. The van der Waals surface area contributed by atoms with E-state index in [-0.39, 0.29) is 11.8 Å². The number of likely N-dealkylation sites (tertiary alicyclic amines) is 1. The molecule has 6 heteroatoms. The second-order valence-corrected chi connectivity index (χ2v) is 10.5. The number of carbonyl (C=O) groups is 2. The molecule has 2 heterocycles. The van der Waals surface area contributed by atoms with Crippen molar-refractivity contribution in [2.45, 2.75) is 71.0 Å². The van der Waals surface area contributed by atoms with E-state index in [4.69, 9.17) is 0 Å². The molecule has 1 unspecified atom stereocenters. The number of amides is 2. The highest BCUT2D eigenvalue weighted by atomic mass is 79.9. The summed E-state index contributed by atoms with van der Waals surface area (Å²) >= 11 is 3.45. The molecule has 182 valence electrons. The van der Waals surface area contributed by atoms with E-state index in [0.717, 1.165) is 28.6 Å². The molecule has 1 saturated heterocycles. The van der Waals surface area contributed by atoms with E-state index in [9.17, 15) is 9.59 Å². The number of benzene rings is 2. The third-order valence-electron chi connectivity index (χ3n) is 7.09. The minimum atomic E-state index is -0.0943. The Kier molecular flexibility index (Phi) is 8.79. The summed E-state index contributed by atoms with van der Waals surface area (Å²) in [5.41, 5.74) is 3.29. The number of nitrogens with zero attached hydrogens (tertiary/aromatic N) is 2. The number of unbranched alkanes of at least 4 members (excludes halogenated alkanes) is 1. The number of fused-ring (bicyclic) bond motifs is 1. The van der Waals surface area contributed by atoms with Crippen molar-refractivity contribution < 1.29 is 9.59 Å². The largest absolute Gasteiger partial charge is 0.352 e. The fraction of sp³-hybridized carbons (Fsp3) is 0.500. The van der Waals surface area contributed by atoms with Gasteiger partial charge in [-0.3, -0.25) is 9.59 Å². The highest BCUT2D eigenvalue weighted by Crippen LogP contribution is 2.26. The molecule has 0 saturated carbocycles. The lowest BCUT2D eigenvalue weighted by atomic mass is 9.97. The van der Waals surface area contributed by atoms with Gasteiger partial charge in [0, 0.05) is 47.8 Å². The zero-order valence-electron chi connectivity index (χ0n) is 20.2. The van der Waals surface area contributed by atoms with Crippen LogP contribution in [-0.4, -0.2) is 47.3 Å². The number of hydrogen-bond acceptors (Lipinski definition) is 3. The van der Waals surface area contributed by atoms with Gasteiger partial charge in [-0.25, -0.2) is 0 Å². The summed E-state index contributed by atoms with van der Waals surface area (Å²) in [5.74, 6) is -0.0982. The standard InChI is InChI=1S/C28H36BrN3O2/c1-2-3-7-25-8-4-5-16-31(25)17-6-15-30-27(33)22-11-12-23-20-32(28(34)26(23)18-22)19-21-9-13-24(29)14-10-21/h9-14,18,25H,2-8,15-17,19-20H2,1H3,(H,30,33). The normalized spacial score (nSPS) is 18.2. The number of hydrogen-bond donors (Lipinski definition) is 1. The highest BCUT2D eigenvalue weighted by molar-refractivity contribution is 9.10. The maximum absolute atomic E-state index is 13.0. The van der Waals surface area contributed by atoms with Crippen LogP contribution in [0.1, 0.15) is 83.7 Å². The molecule has 1 N–H and O–H groups in total. The zero-order chi connectivity index (χ0) is 23.9. The van der Waals surface area contributed by atoms with Gasteiger partial charge in [0.15, 0.2) is 0 Å². The van der Waals surface area contributed by atoms with E-state index < -0.39 is 0 Å². The van der Waals surface area contributed by atoms with Crippen LogP contribution in [-0.2, 0) is 13.1 Å². The van der Waals surface area contributed by atoms with Gasteiger partial charge in [0.1, 0.15) is 0 Å². The Balaban J connectivity index is 1.27. The summed E-state index contributed by atoms with van der Waals surface area (Å²) in [4.78, 5) is 30.2. The topological polar surface area (TPSA) is 52.7 Å². The number of nitrogens with one attached hydrogen (secondary N) is 1. The van der Waals surface area contributed by atoms with Crippen LogP contribution >= 0.6 is 15.9 Å². The van der Waals surface area contributed by atoms with E-state index >= 15 is 0 Å². The fourth-order valence-corrected chi connectivity index (χ4v) is 5.41. The predicted octanol–water partition coefficient (Wildman–Crippen LogP) is 5.77. The van der Waals surface area contributed by atoms with E-state index in [0.29, 0.717) is 36.8 Å². The lowest BCUT2D eigenvalue weighted by Gasteiger charge is -2.36. The molecule has 5 nitrogen and oxygen atoms in total. The summed E-state index contributed by atoms with van der Waals surface area (Å²) in [7, 11) is 0. The molecule has 2 aliphatic heterocycles. The number of halogens is 1. The second-order valence-electron chi connectivity index (χ2n) is 9.60. The van der Waals surface area contributed by atoms with Crippen molar-refractivity contribution in [1.29, 1.82) is 0 Å². The molecule has 1 fully saturated rings. The summed E-state index contributed by atoms with van der Waals surface area (Å²) in [6, 6.07) is 14.3. The molecule has 0 bridgehead atoms. The Hall–Kier alpha value is -2.18. The molecule has 0 radical (unpaired) electrons. The van der Waals surface area contributed by atoms with Crippen LogP contribution in [0.25, 0.3) is 0 Å². The van der Waals surface area contributed by atoms with E-state index in [1.54, 1.807) is 6.07 Å². The third kappa shape index (κ3) is 6.28. The van der Waals surface area contributed by atoms with Gasteiger partial charge < -0.3 is 15.1 Å². The molecular weight excluding hydrogens is 490 g/mol. The molecule has 0 aliphatic carbocycles. The van der Waals surface area contributed by atoms with Crippen LogP contribution in [0.2, 0.25) is 0 Å². The first-order chi connectivity index (χ1) is 16.5. The molecule has 2 aromatic rings. The number of carbonyl (C=O) groups excluding carboxylic acids is 2. The van der Waals surface area contributed by atoms with Crippen LogP contribution in [0.15, 0.2) is 46.9 Å². The van der Waals surface area contributed by atoms with Crippen molar-refractivity contribution in [1.82, 2.24) is 15.1 Å². The lowest BCUT2D eigenvalue weighted by molar-refractivity contribution is 0.0766. The van der Waals surface area contributed by atoms with E-state index in [2.05, 4.69) is 33.1 Å². The van der Waals surface area contributed by atoms with Gasteiger partial charge in [-0.2, -0.15) is 0 Å². The van der Waals surface area contributed by atoms with Crippen molar-refractivity contribution in [2.75, 3.05) is 19.6 Å². The molecule has 0 aromatic heterocycles. The molecule has 2 aromatic carbocycles. The maximum Gasteiger partial charge on any atom is 0.254 e. The minimum Gasteiger partial charge on any atom is -0.352 e. The first kappa shape index (κ1) is 24.9. The van der Waals surface area contributed by atoms with Gasteiger partial charge in [0.2, 0.25) is 0 Å². The fourth-order valence-electron chi connectivity index (χ4n) is 5.15. The third-order valence-corrected chi connectivity index (χ3v) is 7.61. The number of piperidine rings is 1. The van der Waals surface area contributed by atoms with E-state index in [1.807, 2.05) is 41.3 Å². The lowest BCUT2D eigenvalue weighted by Crippen LogP contribution is -2.41. The Labute approximate surface area is 212 Å². The summed E-state index contributed by atoms with van der Waals surface area (Å²) in [6.45, 7) is 6.30. The Morgan fingerprint density at radius 1 is 1.12 bits per heavy atom. The van der Waals surface area contributed by atoms with Crippen LogP contribution in [0, 0.1) is 0 Å². The van der Waals surface area contributed by atoms with Crippen LogP contribution in [0.3, 0.4) is 0 Å². The van der Waals surface area contributed by atoms with Gasteiger partial charge in [-0.15, -0.1) is 0 Å². The highest BCUT2D eigenvalue weighted by Gasteiger charge is 2.28. The summed E-state index contributed by atoms with van der Waals surface area (Å²) < 4.78 is 1.02. The van der Waals surface area contributed by atoms with Crippen molar-refractivity contribution in [3.8, 4) is 0 Å². The van der Waals surface area contributed by atoms with Crippen molar-refractivity contribution in [3.05, 3.63) is 69.2 Å². The average molecular weight is 527 g/mol. The molecular formula is C28H36BrN3O2. The van der Waals surface area contributed by atoms with Crippen LogP contribution in [0.4, 0.5) is 0 Å². The van der Waals surface area contributed by atoms with Crippen molar-refractivity contribution in [3.63, 3.8) is 0 Å². The quantitative estimate of drug-likeness (QED) is 0.400. The van der Waals surface area contributed by atoms with Crippen molar-refractivity contribution >= 4 is 27.7 Å². The molecule has 34 heavy (non-hydrogen) atoms. The number of rotatable bonds is 10.